The van der Waals surface area contributed by atoms with Gasteiger partial charge >= 0.3 is 0 Å². The summed E-state index contributed by atoms with van der Waals surface area (Å²) in [4.78, 5) is 11.8. The molecule has 0 radical (unpaired) electrons. The highest BCUT2D eigenvalue weighted by Gasteiger charge is 2.08. The molecule has 0 fully saturated rings. The molecule has 0 aliphatic carbocycles. The van der Waals surface area contributed by atoms with E-state index < -0.39 is 0 Å². The number of furan rings is 1. The molecule has 1 aromatic heterocycles. The maximum Gasteiger partial charge on any atom is 0.254 e. The van der Waals surface area contributed by atoms with Gasteiger partial charge in [-0.2, -0.15) is 0 Å². The zero-order chi connectivity index (χ0) is 15.8. The smallest absolute Gasteiger partial charge is 0.254 e. The molecule has 3 N–H and O–H groups in total. The average molecular weight is 341 g/mol. The minimum absolute atomic E-state index is 0. The lowest BCUT2D eigenvalue weighted by atomic mass is 10.3. The standard InChI is InChI=1S/C16H20N2O4.ClH/c1-20-13-3-5-14(6-4-13)21-8-2-7-18-16(19)12-9-15(10-17)22-11-12;/h3-6,9,11H,2,7-8,10,17H2,1H3,(H,18,19);1H. The first-order valence-corrected chi connectivity index (χ1v) is 7.05. The molecule has 0 bridgehead atoms. The third-order valence-corrected chi connectivity index (χ3v) is 3.05. The second-order valence-corrected chi connectivity index (χ2v) is 4.64. The van der Waals surface area contributed by atoms with E-state index in [0.29, 0.717) is 30.9 Å². The number of rotatable bonds is 8. The highest BCUT2D eigenvalue weighted by Crippen LogP contribution is 2.16. The topological polar surface area (TPSA) is 86.7 Å². The molecule has 23 heavy (non-hydrogen) atoms. The van der Waals surface area contributed by atoms with Gasteiger partial charge in [0.1, 0.15) is 23.5 Å². The van der Waals surface area contributed by atoms with Gasteiger partial charge < -0.3 is 24.9 Å². The van der Waals surface area contributed by atoms with Crippen LogP contribution in [0.1, 0.15) is 22.5 Å². The third kappa shape index (κ3) is 5.84. The van der Waals surface area contributed by atoms with Crippen molar-refractivity contribution in [3.05, 3.63) is 47.9 Å². The van der Waals surface area contributed by atoms with Crippen molar-refractivity contribution in [2.24, 2.45) is 5.73 Å². The number of methoxy groups -OCH3 is 1. The Balaban J connectivity index is 0.00000264. The first-order chi connectivity index (χ1) is 10.7. The first-order valence-electron chi connectivity index (χ1n) is 7.05. The van der Waals surface area contributed by atoms with E-state index in [1.54, 1.807) is 13.2 Å². The predicted octanol–water partition coefficient (Wildman–Crippen LogP) is 2.37. The Hall–Kier alpha value is -2.18. The van der Waals surface area contributed by atoms with Gasteiger partial charge in [0.05, 0.1) is 25.8 Å². The molecule has 126 valence electrons. The van der Waals surface area contributed by atoms with E-state index in [4.69, 9.17) is 19.6 Å². The Bertz CT molecular complexity index is 598. The third-order valence-electron chi connectivity index (χ3n) is 3.05. The highest BCUT2D eigenvalue weighted by molar-refractivity contribution is 5.93. The molecular weight excluding hydrogens is 320 g/mol. The first kappa shape index (κ1) is 18.9. The largest absolute Gasteiger partial charge is 0.497 e. The summed E-state index contributed by atoms with van der Waals surface area (Å²) < 4.78 is 15.8. The molecule has 0 aliphatic heterocycles. The van der Waals surface area contributed by atoms with Crippen LogP contribution in [0.5, 0.6) is 11.5 Å². The zero-order valence-electron chi connectivity index (χ0n) is 12.9. The summed E-state index contributed by atoms with van der Waals surface area (Å²) in [6.45, 7) is 1.33. The van der Waals surface area contributed by atoms with Crippen molar-refractivity contribution >= 4 is 18.3 Å². The fourth-order valence-electron chi connectivity index (χ4n) is 1.84. The van der Waals surface area contributed by atoms with Crippen LogP contribution in [0.2, 0.25) is 0 Å². The molecule has 0 atom stereocenters. The summed E-state index contributed by atoms with van der Waals surface area (Å²) in [5.74, 6) is 1.98. The van der Waals surface area contributed by atoms with Crippen molar-refractivity contribution in [2.45, 2.75) is 13.0 Å². The van der Waals surface area contributed by atoms with E-state index in [-0.39, 0.29) is 24.9 Å². The van der Waals surface area contributed by atoms with Crippen LogP contribution in [0.4, 0.5) is 0 Å². The Labute approximate surface area is 141 Å². The number of ether oxygens (including phenoxy) is 2. The molecule has 2 aromatic rings. The Kier molecular flexibility index (Phi) is 8.01. The maximum atomic E-state index is 11.8. The zero-order valence-corrected chi connectivity index (χ0v) is 13.7. The van der Waals surface area contributed by atoms with Crippen LogP contribution in [0, 0.1) is 0 Å². The minimum atomic E-state index is -0.173. The Morgan fingerprint density at radius 1 is 1.26 bits per heavy atom. The van der Waals surface area contributed by atoms with Gasteiger partial charge in [-0.25, -0.2) is 0 Å². The molecule has 0 aliphatic rings. The Morgan fingerprint density at radius 3 is 2.57 bits per heavy atom. The fraction of sp³-hybridized carbons (Fsp3) is 0.312. The average Bonchev–Trinajstić information content (AvgIpc) is 3.04. The number of carbonyl (C=O) groups is 1. The molecule has 2 rings (SSSR count). The number of nitrogens with two attached hydrogens (primary N) is 1. The molecular formula is C16H21ClN2O4. The lowest BCUT2D eigenvalue weighted by Crippen LogP contribution is -2.25. The summed E-state index contributed by atoms with van der Waals surface area (Å²) in [6.07, 6.45) is 2.12. The summed E-state index contributed by atoms with van der Waals surface area (Å²) in [5, 5.41) is 2.80. The predicted molar refractivity (Wildman–Crippen MR) is 89.3 cm³/mol. The van der Waals surface area contributed by atoms with Crippen LogP contribution in [0.3, 0.4) is 0 Å². The number of hydrogen-bond acceptors (Lipinski definition) is 5. The van der Waals surface area contributed by atoms with Crippen molar-refractivity contribution < 1.29 is 18.7 Å². The summed E-state index contributed by atoms with van der Waals surface area (Å²) in [6, 6.07) is 9.01. The van der Waals surface area contributed by atoms with E-state index in [0.717, 1.165) is 11.5 Å². The van der Waals surface area contributed by atoms with Gasteiger partial charge in [0.25, 0.3) is 5.91 Å². The quantitative estimate of drug-likeness (QED) is 0.720. The van der Waals surface area contributed by atoms with Crippen molar-refractivity contribution in [1.29, 1.82) is 0 Å². The van der Waals surface area contributed by atoms with E-state index in [2.05, 4.69) is 5.32 Å². The van der Waals surface area contributed by atoms with Crippen molar-refractivity contribution in [1.82, 2.24) is 5.32 Å². The number of carbonyl (C=O) groups excluding carboxylic acids is 1. The molecule has 7 heteroatoms. The van der Waals surface area contributed by atoms with Crippen LogP contribution in [0.25, 0.3) is 0 Å². The second kappa shape index (κ2) is 9.76. The van der Waals surface area contributed by atoms with Crippen LogP contribution in [0.15, 0.2) is 41.0 Å². The number of amides is 1. The maximum absolute atomic E-state index is 11.8. The van der Waals surface area contributed by atoms with E-state index in [1.807, 2.05) is 24.3 Å². The van der Waals surface area contributed by atoms with E-state index in [9.17, 15) is 4.79 Å². The van der Waals surface area contributed by atoms with E-state index >= 15 is 0 Å². The number of nitrogens with one attached hydrogen (secondary N) is 1. The summed E-state index contributed by atoms with van der Waals surface area (Å²) in [5.41, 5.74) is 5.91. The molecule has 1 heterocycles. The van der Waals surface area contributed by atoms with Gasteiger partial charge in [-0.1, -0.05) is 0 Å². The fourth-order valence-corrected chi connectivity index (χ4v) is 1.84. The molecule has 0 spiro atoms. The van der Waals surface area contributed by atoms with Crippen molar-refractivity contribution in [2.75, 3.05) is 20.3 Å². The molecule has 1 aromatic carbocycles. The van der Waals surface area contributed by atoms with Gasteiger partial charge in [0.15, 0.2) is 0 Å². The van der Waals surface area contributed by atoms with Crippen molar-refractivity contribution in [3.63, 3.8) is 0 Å². The molecule has 1 amide bonds. The summed E-state index contributed by atoms with van der Waals surface area (Å²) in [7, 11) is 1.62. The van der Waals surface area contributed by atoms with Crippen LogP contribution in [-0.2, 0) is 6.54 Å². The van der Waals surface area contributed by atoms with Crippen molar-refractivity contribution in [3.8, 4) is 11.5 Å². The van der Waals surface area contributed by atoms with Gasteiger partial charge in [-0.05, 0) is 36.8 Å². The molecule has 6 nitrogen and oxygen atoms in total. The van der Waals surface area contributed by atoms with Crippen LogP contribution in [-0.4, -0.2) is 26.2 Å². The summed E-state index contributed by atoms with van der Waals surface area (Å²) >= 11 is 0. The minimum Gasteiger partial charge on any atom is -0.497 e. The second-order valence-electron chi connectivity index (χ2n) is 4.64. The number of halogens is 1. The Morgan fingerprint density at radius 2 is 1.96 bits per heavy atom. The van der Waals surface area contributed by atoms with Gasteiger partial charge in [-0.15, -0.1) is 12.4 Å². The molecule has 0 unspecified atom stereocenters. The SMILES string of the molecule is COc1ccc(OCCCNC(=O)c2coc(CN)c2)cc1.Cl. The molecule has 0 saturated carbocycles. The van der Waals surface area contributed by atoms with Crippen LogP contribution >= 0.6 is 12.4 Å². The van der Waals surface area contributed by atoms with Gasteiger partial charge in [0.2, 0.25) is 0 Å². The van der Waals surface area contributed by atoms with Gasteiger partial charge in [0, 0.05) is 6.54 Å². The molecule has 0 saturated heterocycles. The van der Waals surface area contributed by atoms with E-state index in [1.165, 1.54) is 6.26 Å². The normalized spacial score (nSPS) is 9.83. The van der Waals surface area contributed by atoms with Gasteiger partial charge in [-0.3, -0.25) is 4.79 Å². The lowest BCUT2D eigenvalue weighted by molar-refractivity contribution is 0.0951. The monoisotopic (exact) mass is 340 g/mol. The number of benzene rings is 1. The number of hydrogen-bond donors (Lipinski definition) is 2. The lowest BCUT2D eigenvalue weighted by Gasteiger charge is -2.07. The van der Waals surface area contributed by atoms with Crippen LogP contribution < -0.4 is 20.5 Å². The highest BCUT2D eigenvalue weighted by atomic mass is 35.5.